The Labute approximate surface area is 133 Å². The molecule has 22 heavy (non-hydrogen) atoms. The second-order valence-electron chi connectivity index (χ2n) is 5.89. The Balaban J connectivity index is 2.08. The number of hydrogen-bond acceptors (Lipinski definition) is 1. The number of benzene rings is 2. The molecule has 0 fully saturated rings. The number of carbonyl (C=O) groups is 1. The van der Waals surface area contributed by atoms with Gasteiger partial charge in [-0.25, -0.2) is 0 Å². The molecule has 0 saturated carbocycles. The summed E-state index contributed by atoms with van der Waals surface area (Å²) in [4.78, 5) is 13.6. The van der Waals surface area contributed by atoms with Crippen molar-refractivity contribution in [2.45, 2.75) is 12.3 Å². The number of amides is 1. The van der Waals surface area contributed by atoms with Crippen molar-refractivity contribution in [1.29, 1.82) is 0 Å². The van der Waals surface area contributed by atoms with Crippen LogP contribution in [-0.4, -0.2) is 33.1 Å². The molecule has 3 nitrogen and oxygen atoms in total. The van der Waals surface area contributed by atoms with Crippen LogP contribution in [0, 0.1) is 0 Å². The van der Waals surface area contributed by atoms with Gasteiger partial charge in [0.25, 0.3) is 0 Å². The molecule has 2 N–H and O–H groups in total. The van der Waals surface area contributed by atoms with Crippen LogP contribution >= 0.6 is 0 Å². The minimum Gasteiger partial charge on any atom is -0.350 e. The van der Waals surface area contributed by atoms with Gasteiger partial charge in [-0.3, -0.25) is 4.79 Å². The Bertz CT molecular complexity index is 527. The molecule has 0 bridgehead atoms. The van der Waals surface area contributed by atoms with Crippen molar-refractivity contribution in [3.8, 4) is 0 Å². The van der Waals surface area contributed by atoms with E-state index in [1.54, 1.807) is 0 Å². The molecule has 0 aliphatic carbocycles. The molecule has 2 aromatic carbocycles. The zero-order valence-corrected chi connectivity index (χ0v) is 13.4. The number of rotatable bonds is 7. The summed E-state index contributed by atoms with van der Waals surface area (Å²) >= 11 is 0. The summed E-state index contributed by atoms with van der Waals surface area (Å²) in [6.07, 6.45) is 0.483. The van der Waals surface area contributed by atoms with Crippen molar-refractivity contribution in [3.63, 3.8) is 0 Å². The summed E-state index contributed by atoms with van der Waals surface area (Å²) in [5.41, 5.74) is 2.36. The Morgan fingerprint density at radius 1 is 0.955 bits per heavy atom. The Morgan fingerprint density at radius 3 is 1.91 bits per heavy atom. The van der Waals surface area contributed by atoms with E-state index < -0.39 is 0 Å². The maximum atomic E-state index is 12.3. The summed E-state index contributed by atoms with van der Waals surface area (Å²) in [7, 11) is 4.17. The average molecular weight is 297 g/mol. The van der Waals surface area contributed by atoms with Crippen molar-refractivity contribution < 1.29 is 9.69 Å². The first-order valence-corrected chi connectivity index (χ1v) is 7.82. The van der Waals surface area contributed by atoms with Crippen LogP contribution in [0.4, 0.5) is 0 Å². The summed E-state index contributed by atoms with van der Waals surface area (Å²) in [5.74, 6) is 0.216. The summed E-state index contributed by atoms with van der Waals surface area (Å²) < 4.78 is 0. The highest BCUT2D eigenvalue weighted by atomic mass is 16.1. The predicted molar refractivity (Wildman–Crippen MR) is 90.0 cm³/mol. The summed E-state index contributed by atoms with van der Waals surface area (Å²) in [6, 6.07) is 20.5. The van der Waals surface area contributed by atoms with E-state index in [9.17, 15) is 4.79 Å². The Morgan fingerprint density at radius 2 is 1.45 bits per heavy atom. The highest BCUT2D eigenvalue weighted by Crippen LogP contribution is 2.27. The third kappa shape index (κ3) is 5.01. The van der Waals surface area contributed by atoms with Gasteiger partial charge in [-0.2, -0.15) is 0 Å². The molecule has 0 radical (unpaired) electrons. The standard InChI is InChI=1S/C19H24N2O/c1-21(2)14-13-20-19(22)15-18(16-9-5-3-6-10-16)17-11-7-4-8-12-17/h3-12,18H,13-15H2,1-2H3,(H,20,22)/p+1. The molecule has 2 aromatic rings. The second-order valence-corrected chi connectivity index (χ2v) is 5.89. The van der Waals surface area contributed by atoms with Gasteiger partial charge in [0, 0.05) is 12.3 Å². The monoisotopic (exact) mass is 297 g/mol. The number of nitrogens with one attached hydrogen (secondary N) is 2. The largest absolute Gasteiger partial charge is 0.350 e. The molecule has 2 rings (SSSR count). The molecule has 1 amide bonds. The lowest BCUT2D eigenvalue weighted by Crippen LogP contribution is -3.06. The molecular formula is C19H25N2O+. The van der Waals surface area contributed by atoms with Crippen LogP contribution in [0.5, 0.6) is 0 Å². The smallest absolute Gasteiger partial charge is 0.221 e. The lowest BCUT2D eigenvalue weighted by Gasteiger charge is -2.18. The first-order chi connectivity index (χ1) is 10.7. The third-order valence-corrected chi connectivity index (χ3v) is 3.74. The van der Waals surface area contributed by atoms with Gasteiger partial charge < -0.3 is 10.2 Å². The fourth-order valence-electron chi connectivity index (χ4n) is 2.51. The van der Waals surface area contributed by atoms with Gasteiger partial charge in [0.2, 0.25) is 5.91 Å². The summed E-state index contributed by atoms with van der Waals surface area (Å²) in [6.45, 7) is 1.66. The van der Waals surface area contributed by atoms with Gasteiger partial charge in [0.15, 0.2) is 0 Å². The van der Waals surface area contributed by atoms with Crippen molar-refractivity contribution in [3.05, 3.63) is 71.8 Å². The van der Waals surface area contributed by atoms with E-state index in [2.05, 4.69) is 43.7 Å². The third-order valence-electron chi connectivity index (χ3n) is 3.74. The fraction of sp³-hybridized carbons (Fsp3) is 0.316. The van der Waals surface area contributed by atoms with Crippen molar-refractivity contribution >= 4 is 5.91 Å². The maximum Gasteiger partial charge on any atom is 0.221 e. The zero-order chi connectivity index (χ0) is 15.8. The first-order valence-electron chi connectivity index (χ1n) is 7.82. The maximum absolute atomic E-state index is 12.3. The highest BCUT2D eigenvalue weighted by Gasteiger charge is 2.17. The molecule has 0 spiro atoms. The van der Waals surface area contributed by atoms with E-state index in [0.29, 0.717) is 6.42 Å². The number of quaternary nitrogens is 1. The van der Waals surface area contributed by atoms with Crippen molar-refractivity contribution in [1.82, 2.24) is 5.32 Å². The van der Waals surface area contributed by atoms with Gasteiger partial charge in [-0.15, -0.1) is 0 Å². The molecule has 0 aromatic heterocycles. The average Bonchev–Trinajstić information content (AvgIpc) is 2.54. The van der Waals surface area contributed by atoms with E-state index >= 15 is 0 Å². The van der Waals surface area contributed by atoms with Crippen LogP contribution in [-0.2, 0) is 4.79 Å². The van der Waals surface area contributed by atoms with Gasteiger partial charge in [0.05, 0.1) is 27.2 Å². The predicted octanol–water partition coefficient (Wildman–Crippen LogP) is 1.47. The molecule has 116 valence electrons. The van der Waals surface area contributed by atoms with Crippen LogP contribution in [0.3, 0.4) is 0 Å². The molecule has 0 unspecified atom stereocenters. The van der Waals surface area contributed by atoms with Crippen LogP contribution in [0.25, 0.3) is 0 Å². The topological polar surface area (TPSA) is 33.5 Å². The van der Waals surface area contributed by atoms with Crippen LogP contribution in [0.15, 0.2) is 60.7 Å². The highest BCUT2D eigenvalue weighted by molar-refractivity contribution is 5.77. The van der Waals surface area contributed by atoms with Crippen LogP contribution in [0.1, 0.15) is 23.5 Å². The van der Waals surface area contributed by atoms with Crippen LogP contribution < -0.4 is 10.2 Å². The van der Waals surface area contributed by atoms with Gasteiger partial charge in [-0.05, 0) is 11.1 Å². The minimum absolute atomic E-state index is 0.106. The van der Waals surface area contributed by atoms with Gasteiger partial charge >= 0.3 is 0 Å². The number of carbonyl (C=O) groups excluding carboxylic acids is 1. The van der Waals surface area contributed by atoms with Gasteiger partial charge in [-0.1, -0.05) is 60.7 Å². The molecule has 0 atom stereocenters. The van der Waals surface area contributed by atoms with E-state index in [1.807, 2.05) is 36.4 Å². The van der Waals surface area contributed by atoms with E-state index in [4.69, 9.17) is 0 Å². The first kappa shape index (κ1) is 16.2. The zero-order valence-electron chi connectivity index (χ0n) is 13.4. The molecule has 3 heteroatoms. The normalized spacial score (nSPS) is 10.9. The minimum atomic E-state index is 0.106. The molecular weight excluding hydrogens is 272 g/mol. The van der Waals surface area contributed by atoms with E-state index in [-0.39, 0.29) is 11.8 Å². The Kier molecular flexibility index (Phi) is 6.16. The second kappa shape index (κ2) is 8.35. The number of hydrogen-bond donors (Lipinski definition) is 2. The SMILES string of the molecule is C[NH+](C)CCNC(=O)CC(c1ccccc1)c1ccccc1. The van der Waals surface area contributed by atoms with E-state index in [1.165, 1.54) is 16.0 Å². The van der Waals surface area contributed by atoms with Gasteiger partial charge in [0.1, 0.15) is 0 Å². The van der Waals surface area contributed by atoms with Crippen LogP contribution in [0.2, 0.25) is 0 Å². The molecule has 0 heterocycles. The molecule has 0 saturated heterocycles. The number of likely N-dealkylation sites (N-methyl/N-ethyl adjacent to an activating group) is 1. The fourth-order valence-corrected chi connectivity index (χ4v) is 2.51. The van der Waals surface area contributed by atoms with E-state index in [0.717, 1.165) is 13.1 Å². The van der Waals surface area contributed by atoms with Crippen molar-refractivity contribution in [2.24, 2.45) is 0 Å². The molecule has 0 aliphatic heterocycles. The summed E-state index contributed by atoms with van der Waals surface area (Å²) in [5, 5.41) is 3.02. The van der Waals surface area contributed by atoms with Crippen molar-refractivity contribution in [2.75, 3.05) is 27.2 Å². The molecule has 0 aliphatic rings. The lowest BCUT2D eigenvalue weighted by atomic mass is 9.88. The Hall–Kier alpha value is -2.13. The lowest BCUT2D eigenvalue weighted by molar-refractivity contribution is -0.856. The quantitative estimate of drug-likeness (QED) is 0.797.